The predicted octanol–water partition coefficient (Wildman–Crippen LogP) is 3.83. The summed E-state index contributed by atoms with van der Waals surface area (Å²) in [5.41, 5.74) is 0.509. The lowest BCUT2D eigenvalue weighted by Gasteiger charge is -2.14. The van der Waals surface area contributed by atoms with Crippen LogP contribution in [-0.2, 0) is 0 Å². The fourth-order valence-corrected chi connectivity index (χ4v) is 3.54. The zero-order valence-corrected chi connectivity index (χ0v) is 15.3. The van der Waals surface area contributed by atoms with Gasteiger partial charge >= 0.3 is 5.69 Å². The van der Waals surface area contributed by atoms with Crippen molar-refractivity contribution >= 4 is 46.6 Å². The molecule has 0 atom stereocenters. The van der Waals surface area contributed by atoms with E-state index in [9.17, 15) is 9.59 Å². The zero-order chi connectivity index (χ0) is 18.4. The number of fused-ring (bicyclic) bond motifs is 1. The van der Waals surface area contributed by atoms with Crippen LogP contribution < -0.4 is 11.2 Å². The van der Waals surface area contributed by atoms with Crippen LogP contribution in [0.2, 0.25) is 10.0 Å². The molecule has 9 heteroatoms. The summed E-state index contributed by atoms with van der Waals surface area (Å²) in [5, 5.41) is 0.955. The van der Waals surface area contributed by atoms with Gasteiger partial charge in [-0.25, -0.2) is 4.79 Å². The van der Waals surface area contributed by atoms with Crippen molar-refractivity contribution in [2.75, 3.05) is 0 Å². The fourth-order valence-electron chi connectivity index (χ4n) is 2.79. The smallest absolute Gasteiger partial charge is 0.300 e. The predicted molar refractivity (Wildman–Crippen MR) is 105 cm³/mol. The molecule has 2 N–H and O–H groups in total. The lowest BCUT2D eigenvalue weighted by molar-refractivity contribution is 0.867. The van der Waals surface area contributed by atoms with Crippen molar-refractivity contribution in [3.8, 4) is 11.4 Å². The van der Waals surface area contributed by atoms with E-state index in [-0.39, 0.29) is 15.9 Å². The van der Waals surface area contributed by atoms with Gasteiger partial charge in [0.1, 0.15) is 0 Å². The van der Waals surface area contributed by atoms with Gasteiger partial charge in [-0.2, -0.15) is 0 Å². The molecule has 4 aromatic rings. The molecule has 0 radical (unpaired) electrons. The minimum Gasteiger partial charge on any atom is -0.300 e. The van der Waals surface area contributed by atoms with Gasteiger partial charge in [0.05, 0.1) is 11.4 Å². The summed E-state index contributed by atoms with van der Waals surface area (Å²) in [7, 11) is 0. The third-order valence-electron chi connectivity index (χ3n) is 3.86. The maximum absolute atomic E-state index is 12.9. The molecule has 0 spiro atoms. The van der Waals surface area contributed by atoms with Gasteiger partial charge in [0.25, 0.3) is 5.56 Å². The van der Waals surface area contributed by atoms with Gasteiger partial charge in [0.2, 0.25) is 0 Å². The monoisotopic (exact) mass is 404 g/mol. The normalized spacial score (nSPS) is 11.2. The highest BCUT2D eigenvalue weighted by Crippen LogP contribution is 2.20. The molecule has 0 saturated carbocycles. The quantitative estimate of drug-likeness (QED) is 0.498. The van der Waals surface area contributed by atoms with Gasteiger partial charge in [-0.3, -0.25) is 23.9 Å². The third kappa shape index (κ3) is 2.70. The minimum absolute atomic E-state index is 0.101. The highest BCUT2D eigenvalue weighted by atomic mass is 35.5. The third-order valence-corrected chi connectivity index (χ3v) is 4.70. The lowest BCUT2D eigenvalue weighted by atomic mass is 10.3. The molecule has 130 valence electrons. The number of benzene rings is 2. The maximum Gasteiger partial charge on any atom is 0.325 e. The van der Waals surface area contributed by atoms with E-state index >= 15 is 0 Å². The van der Waals surface area contributed by atoms with Crippen LogP contribution in [0, 0.1) is 4.77 Å². The molecule has 6 nitrogen and oxygen atoms in total. The Hall–Kier alpha value is -2.61. The number of hydrogen-bond donors (Lipinski definition) is 2. The fraction of sp³-hybridized carbons (Fsp3) is 0. The number of imidazole rings is 1. The van der Waals surface area contributed by atoms with Crippen LogP contribution >= 0.6 is 35.4 Å². The van der Waals surface area contributed by atoms with Gasteiger partial charge < -0.3 is 0 Å². The lowest BCUT2D eigenvalue weighted by Crippen LogP contribution is -2.24. The van der Waals surface area contributed by atoms with Crippen LogP contribution in [0.15, 0.2) is 58.1 Å². The molecular formula is C17H10Cl2N4O2S. The van der Waals surface area contributed by atoms with E-state index in [4.69, 9.17) is 35.4 Å². The van der Waals surface area contributed by atoms with Crippen molar-refractivity contribution in [1.82, 2.24) is 19.1 Å². The summed E-state index contributed by atoms with van der Waals surface area (Å²) < 4.78 is 3.06. The van der Waals surface area contributed by atoms with Crippen molar-refractivity contribution in [2.24, 2.45) is 0 Å². The first-order chi connectivity index (χ1) is 12.5. The number of aromatic nitrogens is 4. The standard InChI is InChI=1S/C17H10Cl2N4O2S/c18-9-3-1-5-11(7-9)22-14-13(20-16(25)21-14)15(24)23(17(22)26)12-6-2-4-10(19)8-12/h1-8H,(H2,20,21,25). The van der Waals surface area contributed by atoms with Crippen molar-refractivity contribution in [2.45, 2.75) is 0 Å². The number of hydrogen-bond acceptors (Lipinski definition) is 3. The van der Waals surface area contributed by atoms with Crippen molar-refractivity contribution < 1.29 is 0 Å². The molecule has 0 amide bonds. The second kappa shape index (κ2) is 6.28. The molecule has 0 saturated heterocycles. The number of halogens is 2. The van der Waals surface area contributed by atoms with E-state index in [2.05, 4.69) is 9.97 Å². The molecule has 2 aromatic heterocycles. The van der Waals surface area contributed by atoms with Crippen LogP contribution in [0.3, 0.4) is 0 Å². The van der Waals surface area contributed by atoms with E-state index in [1.165, 1.54) is 4.57 Å². The molecule has 0 fully saturated rings. The number of nitrogens with one attached hydrogen (secondary N) is 2. The largest absolute Gasteiger partial charge is 0.325 e. The molecule has 2 aromatic carbocycles. The Kier molecular flexibility index (Phi) is 4.07. The van der Waals surface area contributed by atoms with Crippen LogP contribution in [0.4, 0.5) is 0 Å². The first-order valence-corrected chi connectivity index (χ1v) is 8.64. The Morgan fingerprint density at radius 3 is 2.00 bits per heavy atom. The SMILES string of the molecule is O=c1[nH]c2c(=O)n(-c3cccc(Cl)c3)c(=S)n(-c3cccc(Cl)c3)c2[nH]1. The second-order valence-corrected chi connectivity index (χ2v) is 6.76. The molecule has 0 aliphatic heterocycles. The van der Waals surface area contributed by atoms with Gasteiger partial charge in [0, 0.05) is 10.0 Å². The number of nitrogens with zero attached hydrogens (tertiary/aromatic N) is 2. The van der Waals surface area contributed by atoms with Gasteiger partial charge in [0.15, 0.2) is 15.9 Å². The molecule has 4 rings (SSSR count). The number of aromatic amines is 2. The van der Waals surface area contributed by atoms with E-state index in [0.717, 1.165) is 0 Å². The average molecular weight is 405 g/mol. The molecule has 2 heterocycles. The van der Waals surface area contributed by atoms with E-state index < -0.39 is 11.2 Å². The topological polar surface area (TPSA) is 75.6 Å². The minimum atomic E-state index is -0.508. The second-order valence-electron chi connectivity index (χ2n) is 5.52. The molecule has 0 aliphatic carbocycles. The Morgan fingerprint density at radius 2 is 1.42 bits per heavy atom. The van der Waals surface area contributed by atoms with Crippen molar-refractivity contribution in [3.63, 3.8) is 0 Å². The van der Waals surface area contributed by atoms with Crippen LogP contribution in [0.1, 0.15) is 0 Å². The van der Waals surface area contributed by atoms with Gasteiger partial charge in [-0.15, -0.1) is 0 Å². The van der Waals surface area contributed by atoms with E-state index in [1.54, 1.807) is 53.1 Å². The van der Waals surface area contributed by atoms with Crippen LogP contribution in [-0.4, -0.2) is 19.1 Å². The summed E-state index contributed by atoms with van der Waals surface area (Å²) in [4.78, 5) is 29.9. The highest BCUT2D eigenvalue weighted by Gasteiger charge is 2.16. The van der Waals surface area contributed by atoms with E-state index in [1.807, 2.05) is 0 Å². The van der Waals surface area contributed by atoms with Crippen LogP contribution in [0.25, 0.3) is 22.5 Å². The van der Waals surface area contributed by atoms with Gasteiger partial charge in [-0.05, 0) is 48.6 Å². The Labute approximate surface area is 161 Å². The average Bonchev–Trinajstić information content (AvgIpc) is 2.97. The first kappa shape index (κ1) is 16.8. The van der Waals surface area contributed by atoms with E-state index in [0.29, 0.717) is 21.4 Å². The first-order valence-electron chi connectivity index (χ1n) is 7.47. The summed E-state index contributed by atoms with van der Waals surface area (Å²) >= 11 is 17.7. The van der Waals surface area contributed by atoms with Crippen LogP contribution in [0.5, 0.6) is 0 Å². The van der Waals surface area contributed by atoms with Crippen molar-refractivity contribution in [3.05, 3.63) is 84.2 Å². The number of H-pyrrole nitrogens is 2. The van der Waals surface area contributed by atoms with Gasteiger partial charge in [-0.1, -0.05) is 35.3 Å². The Bertz CT molecular complexity index is 1330. The highest BCUT2D eigenvalue weighted by molar-refractivity contribution is 7.71. The molecule has 0 bridgehead atoms. The van der Waals surface area contributed by atoms with Crippen molar-refractivity contribution in [1.29, 1.82) is 0 Å². The summed E-state index contributed by atoms with van der Waals surface area (Å²) in [6.45, 7) is 0. The summed E-state index contributed by atoms with van der Waals surface area (Å²) in [6.07, 6.45) is 0. The Morgan fingerprint density at radius 1 is 0.846 bits per heavy atom. The number of rotatable bonds is 2. The summed E-state index contributed by atoms with van der Waals surface area (Å²) in [5.74, 6) is 0. The molecular weight excluding hydrogens is 395 g/mol. The Balaban J connectivity index is 2.20. The summed E-state index contributed by atoms with van der Waals surface area (Å²) in [6, 6.07) is 13.7. The zero-order valence-electron chi connectivity index (χ0n) is 13.0. The molecule has 0 unspecified atom stereocenters. The maximum atomic E-state index is 12.9. The molecule has 26 heavy (non-hydrogen) atoms. The molecule has 0 aliphatic rings.